The zero-order chi connectivity index (χ0) is 13.1. The maximum Gasteiger partial charge on any atom is 0.323 e. The van der Waals surface area contributed by atoms with Gasteiger partial charge in [0.15, 0.2) is 0 Å². The molecule has 0 aromatic rings. The maximum atomic E-state index is 11.2. The molecule has 0 atom stereocenters. The third-order valence-corrected chi connectivity index (χ3v) is 3.97. The zero-order valence-electron chi connectivity index (χ0n) is 11.2. The molecule has 1 fully saturated rings. The molecule has 0 spiro atoms. The van der Waals surface area contributed by atoms with Gasteiger partial charge in [-0.3, -0.25) is 9.69 Å². The van der Waals surface area contributed by atoms with Crippen molar-refractivity contribution in [2.75, 3.05) is 13.1 Å². The lowest BCUT2D eigenvalue weighted by Gasteiger charge is -2.42. The highest BCUT2D eigenvalue weighted by Crippen LogP contribution is 2.30. The molecule has 100 valence electrons. The Kier molecular flexibility index (Phi) is 4.55. The van der Waals surface area contributed by atoms with Crippen LogP contribution in [0.1, 0.15) is 52.9 Å². The SMILES string of the molecule is CCN(CC1(O)CCCCC1)C(C)(C)C(=O)O. The van der Waals surface area contributed by atoms with E-state index in [0.717, 1.165) is 25.7 Å². The van der Waals surface area contributed by atoms with Crippen LogP contribution in [0.5, 0.6) is 0 Å². The summed E-state index contributed by atoms with van der Waals surface area (Å²) in [5.41, 5.74) is -1.61. The van der Waals surface area contributed by atoms with Gasteiger partial charge in [-0.25, -0.2) is 0 Å². The predicted molar refractivity (Wildman–Crippen MR) is 67.0 cm³/mol. The van der Waals surface area contributed by atoms with Gasteiger partial charge in [-0.1, -0.05) is 26.2 Å². The van der Waals surface area contributed by atoms with Crippen molar-refractivity contribution >= 4 is 5.97 Å². The molecular weight excluding hydrogens is 218 g/mol. The molecule has 4 nitrogen and oxygen atoms in total. The van der Waals surface area contributed by atoms with Crippen LogP contribution in [0, 0.1) is 0 Å². The Morgan fingerprint density at radius 1 is 1.29 bits per heavy atom. The highest BCUT2D eigenvalue weighted by molar-refractivity contribution is 5.77. The molecule has 0 unspecified atom stereocenters. The van der Waals surface area contributed by atoms with Gasteiger partial charge >= 0.3 is 5.97 Å². The Labute approximate surface area is 104 Å². The van der Waals surface area contributed by atoms with Crippen molar-refractivity contribution in [3.8, 4) is 0 Å². The monoisotopic (exact) mass is 243 g/mol. The number of aliphatic hydroxyl groups is 1. The number of likely N-dealkylation sites (N-methyl/N-ethyl adjacent to an activating group) is 1. The average Bonchev–Trinajstić information content (AvgIpc) is 2.26. The van der Waals surface area contributed by atoms with Gasteiger partial charge in [0.2, 0.25) is 0 Å². The minimum atomic E-state index is -0.915. The lowest BCUT2D eigenvalue weighted by molar-refractivity contribution is -0.152. The van der Waals surface area contributed by atoms with Gasteiger partial charge in [0.1, 0.15) is 5.54 Å². The molecule has 1 aliphatic carbocycles. The lowest BCUT2D eigenvalue weighted by atomic mass is 9.83. The third-order valence-electron chi connectivity index (χ3n) is 3.97. The molecular formula is C13H25NO3. The van der Waals surface area contributed by atoms with Gasteiger partial charge < -0.3 is 10.2 Å². The molecule has 0 saturated heterocycles. The summed E-state index contributed by atoms with van der Waals surface area (Å²) in [4.78, 5) is 13.1. The fourth-order valence-corrected chi connectivity index (χ4v) is 2.56. The highest BCUT2D eigenvalue weighted by atomic mass is 16.4. The second-order valence-electron chi connectivity index (χ2n) is 5.66. The number of β-amino-alcohol motifs (C(OH)–C–C–N with tert-alkyl or cyclic N) is 1. The number of rotatable bonds is 5. The van der Waals surface area contributed by atoms with Crippen LogP contribution < -0.4 is 0 Å². The molecule has 0 bridgehead atoms. The number of hydrogen-bond donors (Lipinski definition) is 2. The van der Waals surface area contributed by atoms with E-state index in [9.17, 15) is 15.0 Å². The van der Waals surface area contributed by atoms with E-state index >= 15 is 0 Å². The van der Waals surface area contributed by atoms with E-state index in [0.29, 0.717) is 13.1 Å². The molecule has 1 saturated carbocycles. The summed E-state index contributed by atoms with van der Waals surface area (Å²) in [6.07, 6.45) is 4.85. The quantitative estimate of drug-likeness (QED) is 0.774. The van der Waals surface area contributed by atoms with Crippen LogP contribution in [0.2, 0.25) is 0 Å². The number of carboxylic acid groups (broad SMARTS) is 1. The van der Waals surface area contributed by atoms with Gasteiger partial charge in [0.05, 0.1) is 5.60 Å². The van der Waals surface area contributed by atoms with Gasteiger partial charge in [-0.2, -0.15) is 0 Å². The predicted octanol–water partition coefficient (Wildman–Crippen LogP) is 1.87. The number of carbonyl (C=O) groups is 1. The van der Waals surface area contributed by atoms with Crippen molar-refractivity contribution in [2.45, 2.75) is 64.0 Å². The van der Waals surface area contributed by atoms with Crippen molar-refractivity contribution in [1.29, 1.82) is 0 Å². The second kappa shape index (κ2) is 5.36. The van der Waals surface area contributed by atoms with Crippen molar-refractivity contribution in [3.63, 3.8) is 0 Å². The van der Waals surface area contributed by atoms with Crippen molar-refractivity contribution < 1.29 is 15.0 Å². The van der Waals surface area contributed by atoms with Crippen LogP contribution in [0.25, 0.3) is 0 Å². The van der Waals surface area contributed by atoms with E-state index in [1.807, 2.05) is 11.8 Å². The van der Waals surface area contributed by atoms with Crippen molar-refractivity contribution in [1.82, 2.24) is 4.90 Å². The van der Waals surface area contributed by atoms with Crippen LogP contribution in [0.15, 0.2) is 0 Å². The average molecular weight is 243 g/mol. The first kappa shape index (κ1) is 14.5. The second-order valence-corrected chi connectivity index (χ2v) is 5.66. The summed E-state index contributed by atoms with van der Waals surface area (Å²) in [5.74, 6) is -0.834. The van der Waals surface area contributed by atoms with Crippen LogP contribution in [0.3, 0.4) is 0 Å². The third kappa shape index (κ3) is 3.42. The van der Waals surface area contributed by atoms with Gasteiger partial charge in [0.25, 0.3) is 0 Å². The molecule has 1 aliphatic rings. The molecule has 0 aromatic heterocycles. The number of hydrogen-bond acceptors (Lipinski definition) is 3. The molecule has 4 heteroatoms. The lowest BCUT2D eigenvalue weighted by Crippen LogP contribution is -2.56. The molecule has 0 aromatic carbocycles. The first-order chi connectivity index (χ1) is 7.82. The van der Waals surface area contributed by atoms with Gasteiger partial charge in [0, 0.05) is 6.54 Å². The Morgan fingerprint density at radius 3 is 2.24 bits per heavy atom. The van der Waals surface area contributed by atoms with Crippen LogP contribution in [-0.4, -0.2) is 45.3 Å². The Balaban J connectivity index is 2.72. The minimum absolute atomic E-state index is 0.461. The summed E-state index contributed by atoms with van der Waals surface area (Å²) in [6.45, 7) is 6.44. The van der Waals surface area contributed by atoms with E-state index in [2.05, 4.69) is 0 Å². The zero-order valence-corrected chi connectivity index (χ0v) is 11.2. The van der Waals surface area contributed by atoms with E-state index in [1.165, 1.54) is 6.42 Å². The number of carboxylic acids is 1. The Morgan fingerprint density at radius 2 is 1.82 bits per heavy atom. The fourth-order valence-electron chi connectivity index (χ4n) is 2.56. The largest absolute Gasteiger partial charge is 0.480 e. The standard InChI is InChI=1S/C13H25NO3/c1-4-14(12(2,3)11(15)16)10-13(17)8-6-5-7-9-13/h17H,4-10H2,1-3H3,(H,15,16). The number of aliphatic carboxylic acids is 1. The molecule has 0 radical (unpaired) electrons. The maximum absolute atomic E-state index is 11.2. The summed E-state index contributed by atoms with van der Waals surface area (Å²) < 4.78 is 0. The molecule has 0 aliphatic heterocycles. The smallest absolute Gasteiger partial charge is 0.323 e. The molecule has 0 heterocycles. The molecule has 1 rings (SSSR count). The molecule has 17 heavy (non-hydrogen) atoms. The highest BCUT2D eigenvalue weighted by Gasteiger charge is 2.39. The van der Waals surface area contributed by atoms with Crippen LogP contribution >= 0.6 is 0 Å². The van der Waals surface area contributed by atoms with Crippen LogP contribution in [-0.2, 0) is 4.79 Å². The topological polar surface area (TPSA) is 60.8 Å². The Bertz CT molecular complexity index is 270. The molecule has 2 N–H and O–H groups in total. The van der Waals surface area contributed by atoms with E-state index in [1.54, 1.807) is 13.8 Å². The summed E-state index contributed by atoms with van der Waals surface area (Å²) >= 11 is 0. The Hall–Kier alpha value is -0.610. The molecule has 0 amide bonds. The summed E-state index contributed by atoms with van der Waals surface area (Å²) in [6, 6.07) is 0. The van der Waals surface area contributed by atoms with E-state index < -0.39 is 17.1 Å². The van der Waals surface area contributed by atoms with Crippen molar-refractivity contribution in [3.05, 3.63) is 0 Å². The minimum Gasteiger partial charge on any atom is -0.480 e. The van der Waals surface area contributed by atoms with E-state index in [-0.39, 0.29) is 0 Å². The first-order valence-electron chi connectivity index (χ1n) is 6.53. The normalized spacial score (nSPS) is 20.5. The van der Waals surface area contributed by atoms with Gasteiger partial charge in [-0.05, 0) is 33.2 Å². The summed E-state index contributed by atoms with van der Waals surface area (Å²) in [5, 5.41) is 19.7. The van der Waals surface area contributed by atoms with Crippen molar-refractivity contribution in [2.24, 2.45) is 0 Å². The number of nitrogens with zero attached hydrogens (tertiary/aromatic N) is 1. The first-order valence-corrected chi connectivity index (χ1v) is 6.53. The van der Waals surface area contributed by atoms with Crippen LogP contribution in [0.4, 0.5) is 0 Å². The fraction of sp³-hybridized carbons (Fsp3) is 0.923. The van der Waals surface area contributed by atoms with Gasteiger partial charge in [-0.15, -0.1) is 0 Å². The van der Waals surface area contributed by atoms with E-state index in [4.69, 9.17) is 0 Å². The summed E-state index contributed by atoms with van der Waals surface area (Å²) in [7, 11) is 0.